The van der Waals surface area contributed by atoms with Crippen molar-refractivity contribution in [3.05, 3.63) is 154 Å². The Kier molecular flexibility index (Phi) is 6.38. The summed E-state index contributed by atoms with van der Waals surface area (Å²) in [6, 6.07) is 43.3. The van der Waals surface area contributed by atoms with E-state index in [-0.39, 0.29) is 5.41 Å². The van der Waals surface area contributed by atoms with Crippen molar-refractivity contribution in [3.63, 3.8) is 0 Å². The smallest absolute Gasteiger partial charge is 0.0159 e. The van der Waals surface area contributed by atoms with Crippen molar-refractivity contribution < 1.29 is 0 Å². The van der Waals surface area contributed by atoms with Crippen molar-refractivity contribution in [1.82, 2.24) is 0 Å². The van der Waals surface area contributed by atoms with E-state index in [4.69, 9.17) is 0 Å². The first kappa shape index (κ1) is 28.5. The highest BCUT2D eigenvalue weighted by Crippen LogP contribution is 2.51. The molecule has 224 valence electrons. The van der Waals surface area contributed by atoms with Crippen molar-refractivity contribution >= 4 is 21.5 Å². The molecule has 0 amide bonds. The molecule has 7 aromatic rings. The highest BCUT2D eigenvalue weighted by Gasteiger charge is 2.35. The van der Waals surface area contributed by atoms with E-state index in [1.807, 2.05) is 0 Å². The first-order valence-corrected chi connectivity index (χ1v) is 16.5. The number of hydrogen-bond donors (Lipinski definition) is 0. The summed E-state index contributed by atoms with van der Waals surface area (Å²) in [5, 5.41) is 5.19. The molecule has 0 spiro atoms. The van der Waals surface area contributed by atoms with Crippen LogP contribution in [0.25, 0.3) is 66.1 Å². The van der Waals surface area contributed by atoms with Gasteiger partial charge in [-0.25, -0.2) is 0 Å². The summed E-state index contributed by atoms with van der Waals surface area (Å²) < 4.78 is 0. The quantitative estimate of drug-likeness (QED) is 0.179. The Hall–Kier alpha value is -4.94. The Morgan fingerprint density at radius 2 is 0.848 bits per heavy atom. The second kappa shape index (κ2) is 10.3. The summed E-state index contributed by atoms with van der Waals surface area (Å²) in [5.74, 6) is 0. The van der Waals surface area contributed by atoms with E-state index in [1.54, 1.807) is 0 Å². The fraction of sp³-hybridized carbons (Fsp3) is 0.174. The zero-order chi connectivity index (χ0) is 31.9. The van der Waals surface area contributed by atoms with Crippen LogP contribution in [0.4, 0.5) is 0 Å². The zero-order valence-electron chi connectivity index (χ0n) is 28.0. The molecule has 0 saturated heterocycles. The van der Waals surface area contributed by atoms with Gasteiger partial charge < -0.3 is 0 Å². The molecule has 0 radical (unpaired) electrons. The van der Waals surface area contributed by atoms with Gasteiger partial charge in [-0.2, -0.15) is 0 Å². The van der Waals surface area contributed by atoms with Crippen LogP contribution in [-0.2, 0) is 5.41 Å². The molecule has 0 aromatic heterocycles. The molecule has 7 aromatic carbocycles. The van der Waals surface area contributed by atoms with E-state index in [9.17, 15) is 0 Å². The van der Waals surface area contributed by atoms with Gasteiger partial charge in [0.05, 0.1) is 0 Å². The predicted octanol–water partition coefficient (Wildman–Crippen LogP) is 12.8. The molecule has 8 rings (SSSR count). The minimum absolute atomic E-state index is 0.0547. The van der Waals surface area contributed by atoms with Gasteiger partial charge in [-0.1, -0.05) is 117 Å². The van der Waals surface area contributed by atoms with Crippen molar-refractivity contribution in [2.24, 2.45) is 0 Å². The van der Waals surface area contributed by atoms with Crippen LogP contribution in [0, 0.1) is 34.6 Å². The summed E-state index contributed by atoms with van der Waals surface area (Å²) in [7, 11) is 0. The number of rotatable bonds is 3. The van der Waals surface area contributed by atoms with Crippen LogP contribution in [0.3, 0.4) is 0 Å². The van der Waals surface area contributed by atoms with Crippen LogP contribution in [0.5, 0.6) is 0 Å². The fourth-order valence-electron chi connectivity index (χ4n) is 8.35. The number of hydrogen-bond acceptors (Lipinski definition) is 0. The Balaban J connectivity index is 1.48. The summed E-state index contributed by atoms with van der Waals surface area (Å²) in [6.45, 7) is 16.1. The second-order valence-electron chi connectivity index (χ2n) is 13.9. The van der Waals surface area contributed by atoms with E-state index >= 15 is 0 Å². The summed E-state index contributed by atoms with van der Waals surface area (Å²) in [6.07, 6.45) is 0. The first-order valence-electron chi connectivity index (χ1n) is 16.5. The lowest BCUT2D eigenvalue weighted by Gasteiger charge is -2.23. The fourth-order valence-corrected chi connectivity index (χ4v) is 8.35. The van der Waals surface area contributed by atoms with Crippen LogP contribution in [-0.4, -0.2) is 0 Å². The normalized spacial score (nSPS) is 13.3. The maximum absolute atomic E-state index is 2.48. The van der Waals surface area contributed by atoms with Crippen molar-refractivity contribution in [2.45, 2.75) is 53.9 Å². The summed E-state index contributed by atoms with van der Waals surface area (Å²) in [4.78, 5) is 0. The molecule has 0 heteroatoms. The average Bonchev–Trinajstić information content (AvgIpc) is 3.31. The van der Waals surface area contributed by atoms with Crippen LogP contribution < -0.4 is 0 Å². The van der Waals surface area contributed by atoms with Gasteiger partial charge in [0.2, 0.25) is 0 Å². The molecule has 1 aliphatic carbocycles. The molecule has 0 bridgehead atoms. The SMILES string of the molecule is Cc1c(C)c(C)c(-c2ccc3c(-c4ccc5c(c4)C(C)(C)c4ccccc4-5)c4ccccc4c(-c4ccccc4)c3c2)c(C)c1C. The van der Waals surface area contributed by atoms with Gasteiger partial charge in [0.25, 0.3) is 0 Å². The third-order valence-electron chi connectivity index (χ3n) is 11.2. The average molecular weight is 593 g/mol. The van der Waals surface area contributed by atoms with Crippen molar-refractivity contribution in [1.29, 1.82) is 0 Å². The molecule has 0 aliphatic heterocycles. The molecular formula is C46H40. The number of fused-ring (bicyclic) bond motifs is 5. The van der Waals surface area contributed by atoms with Crippen LogP contribution in [0.15, 0.2) is 115 Å². The zero-order valence-corrected chi connectivity index (χ0v) is 28.0. The summed E-state index contributed by atoms with van der Waals surface area (Å²) in [5.41, 5.74) is 20.2. The highest BCUT2D eigenvalue weighted by molar-refractivity contribution is 6.22. The van der Waals surface area contributed by atoms with Gasteiger partial charge in [-0.15, -0.1) is 0 Å². The van der Waals surface area contributed by atoms with E-state index in [0.717, 1.165) is 0 Å². The Morgan fingerprint density at radius 1 is 0.348 bits per heavy atom. The van der Waals surface area contributed by atoms with E-state index in [0.29, 0.717) is 0 Å². The molecule has 0 atom stereocenters. The molecule has 0 fully saturated rings. The minimum Gasteiger partial charge on any atom is -0.0622 e. The maximum atomic E-state index is 2.48. The third kappa shape index (κ3) is 3.99. The third-order valence-corrected chi connectivity index (χ3v) is 11.2. The lowest BCUT2D eigenvalue weighted by molar-refractivity contribution is 0.660. The molecule has 0 saturated carbocycles. The molecular weight excluding hydrogens is 553 g/mol. The van der Waals surface area contributed by atoms with Gasteiger partial charge >= 0.3 is 0 Å². The lowest BCUT2D eigenvalue weighted by atomic mass is 9.80. The van der Waals surface area contributed by atoms with Crippen molar-refractivity contribution in [3.8, 4) is 44.5 Å². The Morgan fingerprint density at radius 3 is 1.54 bits per heavy atom. The van der Waals surface area contributed by atoms with Crippen molar-refractivity contribution in [2.75, 3.05) is 0 Å². The van der Waals surface area contributed by atoms with Crippen LogP contribution >= 0.6 is 0 Å². The van der Waals surface area contributed by atoms with Gasteiger partial charge in [0.1, 0.15) is 0 Å². The molecule has 0 unspecified atom stereocenters. The minimum atomic E-state index is -0.0547. The molecule has 0 heterocycles. The monoisotopic (exact) mass is 592 g/mol. The molecule has 0 N–H and O–H groups in total. The van der Waals surface area contributed by atoms with Crippen LogP contribution in [0.1, 0.15) is 52.8 Å². The van der Waals surface area contributed by atoms with Gasteiger partial charge in [0.15, 0.2) is 0 Å². The highest BCUT2D eigenvalue weighted by atomic mass is 14.4. The predicted molar refractivity (Wildman–Crippen MR) is 199 cm³/mol. The van der Waals surface area contributed by atoms with Gasteiger partial charge in [-0.3, -0.25) is 0 Å². The second-order valence-corrected chi connectivity index (χ2v) is 13.9. The lowest BCUT2D eigenvalue weighted by Crippen LogP contribution is -2.14. The van der Waals surface area contributed by atoms with E-state index < -0.39 is 0 Å². The summed E-state index contributed by atoms with van der Waals surface area (Å²) >= 11 is 0. The van der Waals surface area contributed by atoms with Crippen LogP contribution in [0.2, 0.25) is 0 Å². The molecule has 46 heavy (non-hydrogen) atoms. The Bertz CT molecular complexity index is 2340. The molecule has 1 aliphatic rings. The first-order chi connectivity index (χ1) is 22.2. The largest absolute Gasteiger partial charge is 0.0622 e. The van der Waals surface area contributed by atoms with Gasteiger partial charge in [0, 0.05) is 5.41 Å². The van der Waals surface area contributed by atoms with E-state index in [1.165, 1.54) is 105 Å². The number of benzene rings is 7. The standard InChI is InChI=1S/C46H40/c1-27-28(2)30(4)43(31(5)29(27)3)33-22-24-39-40(25-33)44(32-15-9-8-10-16-32)37-18-11-12-19-38(37)45(39)34-21-23-36-35-17-13-14-20-41(35)46(6,7)42(36)26-34/h8-26H,1-7H3. The van der Waals surface area contributed by atoms with E-state index in [2.05, 4.69) is 164 Å². The molecule has 0 nitrogen and oxygen atoms in total. The topological polar surface area (TPSA) is 0 Å². The van der Waals surface area contributed by atoms with Gasteiger partial charge in [-0.05, 0) is 152 Å². The Labute approximate surface area is 273 Å². The maximum Gasteiger partial charge on any atom is 0.0159 e.